The summed E-state index contributed by atoms with van der Waals surface area (Å²) in [5.74, 6) is -2.56. The molecule has 4 rings (SSSR count). The Morgan fingerprint density at radius 3 is 2.81 bits per heavy atom. The van der Waals surface area contributed by atoms with Gasteiger partial charge < -0.3 is 20.7 Å². The fraction of sp³-hybridized carbons (Fsp3) is 0.273. The number of rotatable bonds is 3. The van der Waals surface area contributed by atoms with E-state index in [1.807, 2.05) is 6.07 Å². The number of allylic oxidation sites excluding steroid dienone is 1. The average molecular weight is 425 g/mol. The van der Waals surface area contributed by atoms with Gasteiger partial charge in [0.15, 0.2) is 0 Å². The number of nitrogens with one attached hydrogen (secondary N) is 3. The van der Waals surface area contributed by atoms with Crippen LogP contribution in [0.3, 0.4) is 0 Å². The lowest BCUT2D eigenvalue weighted by Gasteiger charge is -2.30. The Kier molecular flexibility index (Phi) is 4.81. The zero-order chi connectivity index (χ0) is 22.5. The van der Waals surface area contributed by atoms with E-state index in [-0.39, 0.29) is 29.0 Å². The number of halogens is 2. The molecule has 0 saturated heterocycles. The molecule has 2 amide bonds. The summed E-state index contributed by atoms with van der Waals surface area (Å²) in [4.78, 5) is 25.4. The predicted molar refractivity (Wildman–Crippen MR) is 106 cm³/mol. The quantitative estimate of drug-likeness (QED) is 0.691. The summed E-state index contributed by atoms with van der Waals surface area (Å²) in [6, 6.07) is 3.45. The van der Waals surface area contributed by atoms with E-state index in [1.165, 1.54) is 0 Å². The summed E-state index contributed by atoms with van der Waals surface area (Å²) in [5.41, 5.74) is 0.501. The molecule has 0 fully saturated rings. The van der Waals surface area contributed by atoms with Crippen LogP contribution in [0.25, 0.3) is 0 Å². The largest absolute Gasteiger partial charge is 0.485 e. The van der Waals surface area contributed by atoms with Crippen LogP contribution in [-0.2, 0) is 9.59 Å². The van der Waals surface area contributed by atoms with E-state index in [0.717, 1.165) is 12.1 Å². The van der Waals surface area contributed by atoms with Crippen LogP contribution in [-0.4, -0.2) is 17.4 Å². The van der Waals surface area contributed by atoms with Gasteiger partial charge in [0.2, 0.25) is 11.8 Å². The fourth-order valence-corrected chi connectivity index (χ4v) is 4.05. The summed E-state index contributed by atoms with van der Waals surface area (Å²) in [6.45, 7) is 4.96. The molecule has 31 heavy (non-hydrogen) atoms. The highest BCUT2D eigenvalue weighted by molar-refractivity contribution is 6.03. The van der Waals surface area contributed by atoms with Crippen LogP contribution in [0.15, 0.2) is 46.8 Å². The van der Waals surface area contributed by atoms with Crippen LogP contribution in [0.1, 0.15) is 38.8 Å². The standard InChI is InChI=1S/C22H19F2N4O3/c1-10-12(21(30)27-14-4-5-26-15(9-25)18(10)14)8-17(29)28-20-19-13(24)6-11(23)7-16(19)31-22(20,2)3/h4-7,20,26H,8H2,1-3H3,(H,27,30)(H,28,29)/t20-/m0/s1. The highest BCUT2D eigenvalue weighted by Gasteiger charge is 2.44. The molecular weight excluding hydrogens is 406 g/mol. The lowest BCUT2D eigenvalue weighted by Crippen LogP contribution is -2.43. The number of nitriles is 1. The number of ether oxygens (including phenoxy) is 1. The van der Waals surface area contributed by atoms with Crippen molar-refractivity contribution in [3.05, 3.63) is 70.1 Å². The van der Waals surface area contributed by atoms with E-state index in [1.54, 1.807) is 33.0 Å². The van der Waals surface area contributed by atoms with E-state index in [9.17, 15) is 23.6 Å². The molecule has 1 atom stereocenters. The Bertz CT molecular complexity index is 1140. The molecular formula is C22H19F2N4O3. The van der Waals surface area contributed by atoms with Crippen molar-refractivity contribution in [2.45, 2.75) is 38.8 Å². The third kappa shape index (κ3) is 3.44. The zero-order valence-corrected chi connectivity index (χ0v) is 17.0. The first-order valence-electron chi connectivity index (χ1n) is 9.56. The average Bonchev–Trinajstić information content (AvgIpc) is 2.93. The molecule has 9 heteroatoms. The van der Waals surface area contributed by atoms with Crippen molar-refractivity contribution in [2.24, 2.45) is 0 Å². The molecule has 0 bridgehead atoms. The Labute approximate surface area is 177 Å². The minimum atomic E-state index is -1.03. The van der Waals surface area contributed by atoms with Gasteiger partial charge in [0, 0.05) is 29.5 Å². The molecule has 1 aromatic carbocycles. The van der Waals surface area contributed by atoms with Crippen molar-refractivity contribution >= 4 is 11.8 Å². The number of dihydropyridines is 1. The molecule has 3 aliphatic rings. The first-order chi connectivity index (χ1) is 14.6. The minimum Gasteiger partial charge on any atom is -0.485 e. The van der Waals surface area contributed by atoms with Gasteiger partial charge in [-0.2, -0.15) is 5.26 Å². The number of nitrogens with zero attached hydrogens (tertiary/aromatic N) is 1. The topological polar surface area (TPSA) is 103 Å². The van der Waals surface area contributed by atoms with Gasteiger partial charge in [-0.1, -0.05) is 0 Å². The summed E-state index contributed by atoms with van der Waals surface area (Å²) in [6.07, 6.45) is 2.88. The number of benzene rings is 1. The Balaban J connectivity index is 1.62. The lowest BCUT2D eigenvalue weighted by molar-refractivity contribution is -0.124. The lowest BCUT2D eigenvalue weighted by atomic mass is 9.86. The van der Waals surface area contributed by atoms with Crippen molar-refractivity contribution < 1.29 is 23.1 Å². The van der Waals surface area contributed by atoms with Crippen LogP contribution in [0.5, 0.6) is 5.75 Å². The normalized spacial score (nSPS) is 21.5. The monoisotopic (exact) mass is 425 g/mol. The molecule has 0 aromatic heterocycles. The first-order valence-corrected chi connectivity index (χ1v) is 9.56. The molecule has 1 aromatic rings. The van der Waals surface area contributed by atoms with Crippen LogP contribution < -0.4 is 20.7 Å². The highest BCUT2D eigenvalue weighted by Crippen LogP contribution is 2.45. The van der Waals surface area contributed by atoms with Gasteiger partial charge in [-0.15, -0.1) is 0 Å². The van der Waals surface area contributed by atoms with Crippen molar-refractivity contribution in [2.75, 3.05) is 0 Å². The molecule has 3 heterocycles. The SMILES string of the molecule is CC1=C(CC(=O)N[C@H]2c3c(F)cc(F)cc3OC2(C)C)C(=O)N[C]2C=CNC(C#N)=C21. The van der Waals surface area contributed by atoms with Gasteiger partial charge in [0.1, 0.15) is 40.8 Å². The number of hydrogen-bond donors (Lipinski definition) is 3. The third-order valence-corrected chi connectivity index (χ3v) is 5.51. The maximum Gasteiger partial charge on any atom is 0.249 e. The van der Waals surface area contributed by atoms with E-state index >= 15 is 0 Å². The first kappa shape index (κ1) is 20.6. The molecule has 0 spiro atoms. The fourth-order valence-electron chi connectivity index (χ4n) is 4.05. The molecule has 1 radical (unpaired) electrons. The highest BCUT2D eigenvalue weighted by atomic mass is 19.1. The number of carbonyl (C=O) groups is 2. The van der Waals surface area contributed by atoms with Crippen molar-refractivity contribution in [1.82, 2.24) is 16.0 Å². The van der Waals surface area contributed by atoms with Crippen molar-refractivity contribution in [3.63, 3.8) is 0 Å². The maximum absolute atomic E-state index is 14.4. The number of amides is 2. The second-order valence-corrected chi connectivity index (χ2v) is 7.99. The number of hydrogen-bond acceptors (Lipinski definition) is 5. The van der Waals surface area contributed by atoms with Gasteiger partial charge in [-0.05, 0) is 32.4 Å². The van der Waals surface area contributed by atoms with Crippen LogP contribution in [0, 0.1) is 29.0 Å². The van der Waals surface area contributed by atoms with E-state index in [0.29, 0.717) is 17.2 Å². The van der Waals surface area contributed by atoms with Crippen molar-refractivity contribution in [1.29, 1.82) is 5.26 Å². The number of carbonyl (C=O) groups excluding carboxylic acids is 2. The van der Waals surface area contributed by atoms with Gasteiger partial charge in [-0.25, -0.2) is 8.78 Å². The van der Waals surface area contributed by atoms with Gasteiger partial charge in [0.25, 0.3) is 0 Å². The molecule has 7 nitrogen and oxygen atoms in total. The minimum absolute atomic E-state index is 0.0294. The summed E-state index contributed by atoms with van der Waals surface area (Å²) in [5, 5.41) is 17.6. The molecule has 0 unspecified atom stereocenters. The van der Waals surface area contributed by atoms with Crippen LogP contribution >= 0.6 is 0 Å². The zero-order valence-electron chi connectivity index (χ0n) is 17.0. The Morgan fingerprint density at radius 1 is 1.35 bits per heavy atom. The van der Waals surface area contributed by atoms with Gasteiger partial charge >= 0.3 is 0 Å². The van der Waals surface area contributed by atoms with E-state index in [2.05, 4.69) is 16.0 Å². The Morgan fingerprint density at radius 2 is 2.10 bits per heavy atom. The van der Waals surface area contributed by atoms with Gasteiger partial charge in [0.05, 0.1) is 18.0 Å². The molecule has 0 saturated carbocycles. The summed E-state index contributed by atoms with van der Waals surface area (Å²) >= 11 is 0. The second-order valence-electron chi connectivity index (χ2n) is 7.99. The third-order valence-electron chi connectivity index (χ3n) is 5.51. The molecule has 3 N–H and O–H groups in total. The smallest absolute Gasteiger partial charge is 0.249 e. The molecule has 159 valence electrons. The molecule has 3 aliphatic heterocycles. The van der Waals surface area contributed by atoms with Gasteiger partial charge in [-0.3, -0.25) is 9.59 Å². The number of fused-ring (bicyclic) bond motifs is 2. The van der Waals surface area contributed by atoms with Crippen molar-refractivity contribution in [3.8, 4) is 11.8 Å². The summed E-state index contributed by atoms with van der Waals surface area (Å²) in [7, 11) is 0. The maximum atomic E-state index is 14.4. The second kappa shape index (κ2) is 7.23. The summed E-state index contributed by atoms with van der Waals surface area (Å²) < 4.78 is 33.7. The Hall–Kier alpha value is -3.67. The van der Waals surface area contributed by atoms with E-state index < -0.39 is 35.1 Å². The van der Waals surface area contributed by atoms with E-state index in [4.69, 9.17) is 4.74 Å². The van der Waals surface area contributed by atoms with Crippen LogP contribution in [0.4, 0.5) is 8.78 Å². The molecule has 0 aliphatic carbocycles. The predicted octanol–water partition coefficient (Wildman–Crippen LogP) is 2.56. The van der Waals surface area contributed by atoms with Crippen LogP contribution in [0.2, 0.25) is 0 Å².